The summed E-state index contributed by atoms with van der Waals surface area (Å²) in [5, 5.41) is 9.34. The number of hydrogen-bond acceptors (Lipinski definition) is 4. The van der Waals surface area contributed by atoms with Gasteiger partial charge in [-0.05, 0) is 6.42 Å². The van der Waals surface area contributed by atoms with Crippen LogP contribution >= 0.6 is 11.8 Å². The van der Waals surface area contributed by atoms with Crippen molar-refractivity contribution in [1.29, 1.82) is 0 Å². The molecule has 1 N–H and O–H groups in total. The number of hydrogen-bond donors (Lipinski definition) is 1. The summed E-state index contributed by atoms with van der Waals surface area (Å²) < 4.78 is 4.58. The molecule has 0 rings (SSSR count). The highest BCUT2D eigenvalue weighted by Gasteiger charge is 2.47. The fourth-order valence-electron chi connectivity index (χ4n) is 1.45. The molecule has 0 saturated heterocycles. The van der Waals surface area contributed by atoms with E-state index in [1.54, 1.807) is 0 Å². The average Bonchev–Trinajstić information content (AvgIpc) is 2.21. The molecular formula is C12H22O4S. The Morgan fingerprint density at radius 2 is 1.82 bits per heavy atom. The topological polar surface area (TPSA) is 63.6 Å². The van der Waals surface area contributed by atoms with Crippen molar-refractivity contribution >= 4 is 23.7 Å². The summed E-state index contributed by atoms with van der Waals surface area (Å²) in [5.41, 5.74) is -1.42. The summed E-state index contributed by atoms with van der Waals surface area (Å²) >= 11 is 1.47. The van der Waals surface area contributed by atoms with Crippen LogP contribution in [-0.4, -0.2) is 34.7 Å². The Morgan fingerprint density at radius 3 is 2.12 bits per heavy atom. The van der Waals surface area contributed by atoms with E-state index in [2.05, 4.69) is 4.74 Å². The fraction of sp³-hybridized carbons (Fsp3) is 0.833. The lowest BCUT2D eigenvalue weighted by Gasteiger charge is -2.29. The van der Waals surface area contributed by atoms with Gasteiger partial charge >= 0.3 is 11.9 Å². The van der Waals surface area contributed by atoms with Crippen LogP contribution in [0.1, 0.15) is 40.5 Å². The van der Waals surface area contributed by atoms with Crippen molar-refractivity contribution < 1.29 is 19.4 Å². The van der Waals surface area contributed by atoms with Crippen LogP contribution in [0.15, 0.2) is 0 Å². The molecule has 100 valence electrons. The van der Waals surface area contributed by atoms with Gasteiger partial charge in [0, 0.05) is 10.5 Å². The summed E-state index contributed by atoms with van der Waals surface area (Å²) in [4.78, 5) is 23.2. The highest BCUT2D eigenvalue weighted by atomic mass is 32.2. The Labute approximate surface area is 107 Å². The molecule has 0 radical (unpaired) electrons. The Kier molecular flexibility index (Phi) is 6.02. The number of thioether (sulfide) groups is 1. The fourth-order valence-corrected chi connectivity index (χ4v) is 2.52. The van der Waals surface area contributed by atoms with Crippen molar-refractivity contribution in [3.8, 4) is 0 Å². The second-order valence-electron chi connectivity index (χ2n) is 5.03. The Hall–Kier alpha value is -0.710. The van der Waals surface area contributed by atoms with E-state index in [-0.39, 0.29) is 10.5 Å². The highest BCUT2D eigenvalue weighted by molar-refractivity contribution is 8.00. The van der Waals surface area contributed by atoms with Crippen LogP contribution < -0.4 is 0 Å². The van der Waals surface area contributed by atoms with Crippen LogP contribution in [-0.2, 0) is 14.3 Å². The number of ether oxygens (including phenoxy) is 1. The maximum atomic E-state index is 11.8. The van der Waals surface area contributed by atoms with Crippen LogP contribution in [0.2, 0.25) is 0 Å². The predicted molar refractivity (Wildman–Crippen MR) is 69.2 cm³/mol. The van der Waals surface area contributed by atoms with Crippen LogP contribution in [0.5, 0.6) is 0 Å². The molecule has 0 spiro atoms. The van der Waals surface area contributed by atoms with Gasteiger partial charge in [0.15, 0.2) is 5.41 Å². The third kappa shape index (κ3) is 4.58. The van der Waals surface area contributed by atoms with Gasteiger partial charge in [-0.3, -0.25) is 9.59 Å². The van der Waals surface area contributed by atoms with E-state index in [9.17, 15) is 14.7 Å². The van der Waals surface area contributed by atoms with E-state index in [1.807, 2.05) is 27.7 Å². The second kappa shape index (κ2) is 6.28. The molecule has 0 unspecified atom stereocenters. The summed E-state index contributed by atoms with van der Waals surface area (Å²) in [6, 6.07) is 0. The summed E-state index contributed by atoms with van der Waals surface area (Å²) in [6.45, 7) is 7.84. The highest BCUT2D eigenvalue weighted by Crippen LogP contribution is 2.35. The van der Waals surface area contributed by atoms with E-state index in [1.165, 1.54) is 18.9 Å². The molecule has 0 saturated carbocycles. The van der Waals surface area contributed by atoms with E-state index >= 15 is 0 Å². The maximum absolute atomic E-state index is 11.8. The first kappa shape index (κ1) is 16.3. The zero-order valence-electron chi connectivity index (χ0n) is 11.2. The predicted octanol–water partition coefficient (Wildman–Crippen LogP) is 2.56. The van der Waals surface area contributed by atoms with Crippen LogP contribution in [0.3, 0.4) is 0 Å². The summed E-state index contributed by atoms with van der Waals surface area (Å²) in [5.74, 6) is -1.50. The Balaban J connectivity index is 5.05. The van der Waals surface area contributed by atoms with E-state index < -0.39 is 17.4 Å². The first-order valence-corrected chi connectivity index (χ1v) is 6.64. The SMILES string of the molecule is CCC[C@@](CSC(C)(C)C)(C(=O)O)C(=O)OC. The monoisotopic (exact) mass is 262 g/mol. The number of carbonyl (C=O) groups excluding carboxylic acids is 1. The molecule has 0 fully saturated rings. The van der Waals surface area contributed by atoms with Gasteiger partial charge in [0.05, 0.1) is 7.11 Å². The van der Waals surface area contributed by atoms with Gasteiger partial charge in [0.2, 0.25) is 0 Å². The minimum Gasteiger partial charge on any atom is -0.480 e. The number of esters is 1. The van der Waals surface area contributed by atoms with Gasteiger partial charge in [-0.25, -0.2) is 0 Å². The van der Waals surface area contributed by atoms with Crippen molar-refractivity contribution in [1.82, 2.24) is 0 Å². The van der Waals surface area contributed by atoms with Gasteiger partial charge in [0.25, 0.3) is 0 Å². The van der Waals surface area contributed by atoms with Crippen molar-refractivity contribution in [2.24, 2.45) is 5.41 Å². The second-order valence-corrected chi connectivity index (χ2v) is 6.83. The molecule has 0 aromatic heterocycles. The van der Waals surface area contributed by atoms with Crippen molar-refractivity contribution in [3.05, 3.63) is 0 Å². The van der Waals surface area contributed by atoms with E-state index in [4.69, 9.17) is 0 Å². The van der Waals surface area contributed by atoms with Gasteiger partial charge < -0.3 is 9.84 Å². The number of aliphatic carboxylic acids is 1. The first-order valence-electron chi connectivity index (χ1n) is 5.65. The number of carbonyl (C=O) groups is 2. The van der Waals surface area contributed by atoms with E-state index in [0.717, 1.165) is 0 Å². The lowest BCUT2D eigenvalue weighted by atomic mass is 9.85. The number of carboxylic acid groups (broad SMARTS) is 1. The average molecular weight is 262 g/mol. The van der Waals surface area contributed by atoms with Crippen molar-refractivity contribution in [2.75, 3.05) is 12.9 Å². The quantitative estimate of drug-likeness (QED) is 0.588. The van der Waals surface area contributed by atoms with Gasteiger partial charge in [-0.15, -0.1) is 0 Å². The third-order valence-corrected chi connectivity index (χ3v) is 3.92. The normalized spacial score (nSPS) is 15.1. The summed E-state index contributed by atoms with van der Waals surface area (Å²) in [6.07, 6.45) is 0.935. The summed E-state index contributed by atoms with van der Waals surface area (Å²) in [7, 11) is 1.23. The molecule has 0 amide bonds. The minimum atomic E-state index is -1.42. The van der Waals surface area contributed by atoms with Crippen molar-refractivity contribution in [2.45, 2.75) is 45.3 Å². The molecule has 17 heavy (non-hydrogen) atoms. The molecule has 0 aliphatic heterocycles. The molecule has 0 heterocycles. The van der Waals surface area contributed by atoms with Crippen molar-refractivity contribution in [3.63, 3.8) is 0 Å². The van der Waals surface area contributed by atoms with Gasteiger partial charge in [0.1, 0.15) is 0 Å². The Bertz CT molecular complexity index is 283. The van der Waals surface area contributed by atoms with Crippen LogP contribution in [0.4, 0.5) is 0 Å². The lowest BCUT2D eigenvalue weighted by Crippen LogP contribution is -2.43. The smallest absolute Gasteiger partial charge is 0.324 e. The molecule has 1 atom stereocenters. The van der Waals surface area contributed by atoms with Gasteiger partial charge in [-0.1, -0.05) is 34.1 Å². The first-order chi connectivity index (χ1) is 7.69. The zero-order chi connectivity index (χ0) is 13.7. The largest absolute Gasteiger partial charge is 0.480 e. The molecule has 0 aliphatic carbocycles. The molecule has 0 aliphatic rings. The minimum absolute atomic E-state index is 0.0809. The molecule has 0 bridgehead atoms. The molecule has 0 aromatic rings. The van der Waals surface area contributed by atoms with Crippen LogP contribution in [0, 0.1) is 5.41 Å². The standard InChI is InChI=1S/C12H22O4S/c1-6-7-12(9(13)14,10(15)16-5)8-17-11(2,3)4/h6-8H2,1-5H3,(H,13,14)/t12-/m1/s1. The van der Waals surface area contributed by atoms with Crippen LogP contribution in [0.25, 0.3) is 0 Å². The molecule has 4 nitrogen and oxygen atoms in total. The Morgan fingerprint density at radius 1 is 1.29 bits per heavy atom. The van der Waals surface area contributed by atoms with Gasteiger partial charge in [-0.2, -0.15) is 11.8 Å². The lowest BCUT2D eigenvalue weighted by molar-refractivity contribution is -0.165. The third-order valence-electron chi connectivity index (χ3n) is 2.41. The number of carboxylic acids is 1. The molecule has 0 aromatic carbocycles. The number of rotatable bonds is 6. The maximum Gasteiger partial charge on any atom is 0.324 e. The molecule has 5 heteroatoms. The zero-order valence-corrected chi connectivity index (χ0v) is 12.0. The number of methoxy groups -OCH3 is 1. The van der Waals surface area contributed by atoms with E-state index in [0.29, 0.717) is 12.8 Å². The molecular weight excluding hydrogens is 240 g/mol.